The van der Waals surface area contributed by atoms with Crippen molar-refractivity contribution in [2.24, 2.45) is 0 Å². The number of benzene rings is 1. The first-order valence-corrected chi connectivity index (χ1v) is 6.08. The zero-order valence-electron chi connectivity index (χ0n) is 10.5. The minimum atomic E-state index is -4.49. The number of nitrogens with zero attached hydrogens (tertiary/aromatic N) is 2. The number of nitrogens with two attached hydrogens (primary N) is 1. The highest BCUT2D eigenvalue weighted by Crippen LogP contribution is 2.28. The number of carbonyl (C=O) groups excluding carboxylic acids is 1. The van der Waals surface area contributed by atoms with Crippen LogP contribution in [0.3, 0.4) is 0 Å². The van der Waals surface area contributed by atoms with Crippen molar-refractivity contribution in [3.05, 3.63) is 41.2 Å². The normalized spacial score (nSPS) is 11.4. The van der Waals surface area contributed by atoms with Crippen LogP contribution >= 0.6 is 11.6 Å². The van der Waals surface area contributed by atoms with Crippen LogP contribution in [0.15, 0.2) is 30.6 Å². The molecule has 1 aromatic heterocycles. The molecule has 0 bridgehead atoms. The highest BCUT2D eigenvalue weighted by Gasteiger charge is 2.32. The Balaban J connectivity index is 2.03. The summed E-state index contributed by atoms with van der Waals surface area (Å²) in [6.07, 6.45) is -3.08. The third-order valence-electron chi connectivity index (χ3n) is 2.55. The van der Waals surface area contributed by atoms with E-state index < -0.39 is 17.6 Å². The minimum absolute atomic E-state index is 0.257. The van der Waals surface area contributed by atoms with Gasteiger partial charge in [-0.1, -0.05) is 11.6 Å². The van der Waals surface area contributed by atoms with E-state index in [4.69, 9.17) is 17.3 Å². The van der Waals surface area contributed by atoms with Crippen LogP contribution in [0.1, 0.15) is 5.56 Å². The summed E-state index contributed by atoms with van der Waals surface area (Å²) >= 11 is 5.72. The van der Waals surface area contributed by atoms with Gasteiger partial charge >= 0.3 is 6.18 Å². The number of anilines is 2. The maximum Gasteiger partial charge on any atom is 0.419 e. The second-order valence-corrected chi connectivity index (χ2v) is 4.64. The van der Waals surface area contributed by atoms with Crippen LogP contribution in [0.25, 0.3) is 0 Å². The fourth-order valence-corrected chi connectivity index (χ4v) is 1.76. The zero-order chi connectivity index (χ0) is 15.6. The summed E-state index contributed by atoms with van der Waals surface area (Å²) in [6, 6.07) is 4.48. The van der Waals surface area contributed by atoms with E-state index in [9.17, 15) is 18.0 Å². The average molecular weight is 319 g/mol. The second kappa shape index (κ2) is 5.65. The van der Waals surface area contributed by atoms with Crippen molar-refractivity contribution >= 4 is 28.9 Å². The number of halogens is 4. The SMILES string of the molecule is Nc1cc(Cl)ccc1NC(=O)Cn1cc(C(F)(F)F)cn1. The number of amides is 1. The quantitative estimate of drug-likeness (QED) is 0.855. The topological polar surface area (TPSA) is 72.9 Å². The number of alkyl halides is 3. The van der Waals surface area contributed by atoms with Gasteiger partial charge in [0.1, 0.15) is 6.54 Å². The van der Waals surface area contributed by atoms with Gasteiger partial charge in [-0.3, -0.25) is 9.48 Å². The summed E-state index contributed by atoms with van der Waals surface area (Å²) in [4.78, 5) is 11.7. The lowest BCUT2D eigenvalue weighted by molar-refractivity contribution is -0.137. The molecule has 1 aromatic carbocycles. The highest BCUT2D eigenvalue weighted by atomic mass is 35.5. The Morgan fingerprint density at radius 2 is 2.14 bits per heavy atom. The Bertz CT molecular complexity index is 669. The second-order valence-electron chi connectivity index (χ2n) is 4.20. The molecule has 0 aliphatic heterocycles. The predicted molar refractivity (Wildman–Crippen MR) is 71.7 cm³/mol. The minimum Gasteiger partial charge on any atom is -0.397 e. The Morgan fingerprint density at radius 3 is 2.71 bits per heavy atom. The number of nitrogens with one attached hydrogen (secondary N) is 1. The average Bonchev–Trinajstić information content (AvgIpc) is 2.81. The molecule has 2 aromatic rings. The molecule has 1 heterocycles. The summed E-state index contributed by atoms with van der Waals surface area (Å²) in [5.41, 5.74) is 5.32. The Hall–Kier alpha value is -2.22. The first-order valence-electron chi connectivity index (χ1n) is 5.70. The Labute approximate surface area is 122 Å². The van der Waals surface area contributed by atoms with Crippen molar-refractivity contribution in [3.8, 4) is 0 Å². The largest absolute Gasteiger partial charge is 0.419 e. The van der Waals surface area contributed by atoms with E-state index in [-0.39, 0.29) is 12.2 Å². The van der Waals surface area contributed by atoms with E-state index in [0.717, 1.165) is 10.9 Å². The van der Waals surface area contributed by atoms with Crippen molar-refractivity contribution in [1.82, 2.24) is 9.78 Å². The van der Waals surface area contributed by atoms with E-state index in [0.29, 0.717) is 16.9 Å². The summed E-state index contributed by atoms with van der Waals surface area (Å²) in [5, 5.41) is 6.36. The number of rotatable bonds is 3. The van der Waals surface area contributed by atoms with Crippen LogP contribution in [0.4, 0.5) is 24.5 Å². The van der Waals surface area contributed by atoms with Crippen LogP contribution < -0.4 is 11.1 Å². The molecule has 0 fully saturated rings. The first-order chi connectivity index (χ1) is 9.75. The van der Waals surface area contributed by atoms with Crippen molar-refractivity contribution in [1.29, 1.82) is 0 Å². The van der Waals surface area contributed by atoms with Gasteiger partial charge in [-0.25, -0.2) is 0 Å². The van der Waals surface area contributed by atoms with Gasteiger partial charge in [0.15, 0.2) is 0 Å². The van der Waals surface area contributed by atoms with E-state index in [1.165, 1.54) is 18.2 Å². The molecule has 0 saturated heterocycles. The van der Waals surface area contributed by atoms with Gasteiger partial charge in [0.2, 0.25) is 5.91 Å². The third kappa shape index (κ3) is 3.88. The van der Waals surface area contributed by atoms with Crippen molar-refractivity contribution in [2.75, 3.05) is 11.1 Å². The molecule has 0 aliphatic rings. The van der Waals surface area contributed by atoms with Crippen molar-refractivity contribution < 1.29 is 18.0 Å². The number of nitrogen functional groups attached to an aromatic ring is 1. The molecule has 0 spiro atoms. The van der Waals surface area contributed by atoms with Crippen LogP contribution in [0.2, 0.25) is 5.02 Å². The van der Waals surface area contributed by atoms with Crippen LogP contribution in [-0.4, -0.2) is 15.7 Å². The predicted octanol–water partition coefficient (Wildman–Crippen LogP) is 2.78. The molecule has 112 valence electrons. The molecule has 0 aliphatic carbocycles. The monoisotopic (exact) mass is 318 g/mol. The molecule has 2 rings (SSSR count). The Kier molecular flexibility index (Phi) is 4.08. The number of aromatic nitrogens is 2. The fourth-order valence-electron chi connectivity index (χ4n) is 1.58. The molecule has 0 radical (unpaired) electrons. The van der Waals surface area contributed by atoms with Gasteiger partial charge in [0.05, 0.1) is 23.1 Å². The summed E-state index contributed by atoms with van der Waals surface area (Å²) in [5.74, 6) is -0.555. The molecule has 0 saturated carbocycles. The standard InChI is InChI=1S/C12H10ClF3N4O/c13-8-1-2-10(9(17)3-8)19-11(21)6-20-5-7(4-18-20)12(14,15)16/h1-5H,6,17H2,(H,19,21). The smallest absolute Gasteiger partial charge is 0.397 e. The lowest BCUT2D eigenvalue weighted by Gasteiger charge is -2.08. The summed E-state index contributed by atoms with van der Waals surface area (Å²) < 4.78 is 38.1. The molecule has 21 heavy (non-hydrogen) atoms. The van der Waals surface area contributed by atoms with Crippen LogP contribution in [-0.2, 0) is 17.5 Å². The maximum atomic E-state index is 12.4. The number of carbonyl (C=O) groups is 1. The molecule has 5 nitrogen and oxygen atoms in total. The zero-order valence-corrected chi connectivity index (χ0v) is 11.2. The summed E-state index contributed by atoms with van der Waals surface area (Å²) in [6.45, 7) is -0.363. The van der Waals surface area contributed by atoms with Gasteiger partial charge in [-0.15, -0.1) is 0 Å². The highest BCUT2D eigenvalue weighted by molar-refractivity contribution is 6.31. The van der Waals surface area contributed by atoms with Crippen molar-refractivity contribution in [2.45, 2.75) is 12.7 Å². The first kappa shape index (κ1) is 15.2. The molecular formula is C12H10ClF3N4O. The molecule has 3 N–H and O–H groups in total. The van der Waals surface area contributed by atoms with Gasteiger partial charge < -0.3 is 11.1 Å². The van der Waals surface area contributed by atoms with E-state index in [1.54, 1.807) is 0 Å². The van der Waals surface area contributed by atoms with Crippen LogP contribution in [0, 0.1) is 0 Å². The van der Waals surface area contributed by atoms with Gasteiger partial charge in [-0.2, -0.15) is 18.3 Å². The molecule has 9 heteroatoms. The van der Waals surface area contributed by atoms with Gasteiger partial charge in [-0.05, 0) is 18.2 Å². The fraction of sp³-hybridized carbons (Fsp3) is 0.167. The lowest BCUT2D eigenvalue weighted by atomic mass is 10.2. The lowest BCUT2D eigenvalue weighted by Crippen LogP contribution is -2.19. The molecule has 0 atom stereocenters. The molecular weight excluding hydrogens is 309 g/mol. The van der Waals surface area contributed by atoms with E-state index in [2.05, 4.69) is 10.4 Å². The summed E-state index contributed by atoms with van der Waals surface area (Å²) in [7, 11) is 0. The van der Waals surface area contributed by atoms with E-state index >= 15 is 0 Å². The molecule has 0 unspecified atom stereocenters. The third-order valence-corrected chi connectivity index (χ3v) is 2.79. The number of hydrogen-bond donors (Lipinski definition) is 2. The number of hydrogen-bond acceptors (Lipinski definition) is 3. The van der Waals surface area contributed by atoms with Gasteiger partial charge in [0.25, 0.3) is 0 Å². The van der Waals surface area contributed by atoms with Crippen LogP contribution in [0.5, 0.6) is 0 Å². The van der Waals surface area contributed by atoms with Crippen molar-refractivity contribution in [3.63, 3.8) is 0 Å². The van der Waals surface area contributed by atoms with Gasteiger partial charge in [0, 0.05) is 11.2 Å². The van der Waals surface area contributed by atoms with E-state index in [1.807, 2.05) is 0 Å². The Morgan fingerprint density at radius 1 is 1.43 bits per heavy atom. The molecule has 1 amide bonds. The maximum absolute atomic E-state index is 12.4.